The standard InChI is InChI=1S/C27H28N4OS/c1-3-5-15-31(16-6-4-2)23-11-7-20(8-12-23)17-25-26(21-9-13-24(32)14-10-21)30-27(33-25)22(18-28)19-29/h7-14,17,32H,3-6,15-16H2,1-2H3. The van der Waals surface area contributed by atoms with Crippen LogP contribution < -0.4 is 14.1 Å². The van der Waals surface area contributed by atoms with E-state index in [2.05, 4.69) is 48.0 Å². The molecule has 168 valence electrons. The molecule has 0 aliphatic carbocycles. The molecule has 0 amide bonds. The molecule has 0 atom stereocenters. The lowest BCUT2D eigenvalue weighted by Gasteiger charge is -2.24. The summed E-state index contributed by atoms with van der Waals surface area (Å²) in [6.07, 6.45) is 6.73. The van der Waals surface area contributed by atoms with E-state index in [0.717, 1.165) is 28.7 Å². The van der Waals surface area contributed by atoms with Crippen LogP contribution >= 0.6 is 11.3 Å². The van der Waals surface area contributed by atoms with Crippen molar-refractivity contribution in [3.63, 3.8) is 0 Å². The van der Waals surface area contributed by atoms with Gasteiger partial charge in [0.2, 0.25) is 0 Å². The number of nitrogens with zero attached hydrogens (tertiary/aromatic N) is 4. The van der Waals surface area contributed by atoms with E-state index in [0.29, 0.717) is 10.4 Å². The maximum atomic E-state index is 9.64. The van der Waals surface area contributed by atoms with Gasteiger partial charge in [0.25, 0.3) is 0 Å². The van der Waals surface area contributed by atoms with Crippen molar-refractivity contribution in [2.75, 3.05) is 18.0 Å². The van der Waals surface area contributed by atoms with Crippen molar-refractivity contribution in [1.82, 2.24) is 4.98 Å². The van der Waals surface area contributed by atoms with E-state index in [1.54, 1.807) is 24.3 Å². The molecule has 2 aromatic carbocycles. The number of aromatic nitrogens is 1. The van der Waals surface area contributed by atoms with E-state index in [9.17, 15) is 15.6 Å². The summed E-state index contributed by atoms with van der Waals surface area (Å²) in [4.78, 5) is 7.03. The average Bonchev–Trinajstić information content (AvgIpc) is 3.24. The maximum Gasteiger partial charge on any atom is 0.165 e. The Morgan fingerprint density at radius 1 is 0.970 bits per heavy atom. The van der Waals surface area contributed by atoms with E-state index >= 15 is 0 Å². The molecule has 1 heterocycles. The summed E-state index contributed by atoms with van der Waals surface area (Å²) in [5.74, 6) is 0.173. The number of aromatic hydroxyl groups is 1. The van der Waals surface area contributed by atoms with Gasteiger partial charge in [-0.2, -0.15) is 10.5 Å². The summed E-state index contributed by atoms with van der Waals surface area (Å²) in [6.45, 7) is 6.55. The Labute approximate surface area is 199 Å². The predicted octanol–water partition coefficient (Wildman–Crippen LogP) is 4.95. The topological polar surface area (TPSA) is 83.9 Å². The molecule has 33 heavy (non-hydrogen) atoms. The summed E-state index contributed by atoms with van der Waals surface area (Å²) in [5.41, 5.74) is 3.75. The highest BCUT2D eigenvalue weighted by Gasteiger charge is 2.09. The third-order valence-corrected chi connectivity index (χ3v) is 6.37. The minimum absolute atomic E-state index is 0.00230. The zero-order valence-corrected chi connectivity index (χ0v) is 19.9. The quantitative estimate of drug-likeness (QED) is 0.493. The fourth-order valence-corrected chi connectivity index (χ4v) is 4.48. The van der Waals surface area contributed by atoms with Gasteiger partial charge in [-0.15, -0.1) is 11.3 Å². The molecule has 0 aliphatic rings. The van der Waals surface area contributed by atoms with Crippen LogP contribution in [0.25, 0.3) is 22.9 Å². The fraction of sp³-hybridized carbons (Fsp3) is 0.296. The molecule has 0 radical (unpaired) electrons. The van der Waals surface area contributed by atoms with Crippen LogP contribution in [0.1, 0.15) is 45.1 Å². The van der Waals surface area contributed by atoms with E-state index in [-0.39, 0.29) is 11.3 Å². The number of phenols is 1. The highest BCUT2D eigenvalue weighted by molar-refractivity contribution is 7.08. The average molecular weight is 457 g/mol. The van der Waals surface area contributed by atoms with E-state index in [1.807, 2.05) is 18.2 Å². The van der Waals surface area contributed by atoms with Gasteiger partial charge < -0.3 is 10.0 Å². The highest BCUT2D eigenvalue weighted by atomic mass is 32.1. The summed E-state index contributed by atoms with van der Waals surface area (Å²) < 4.78 is 1.26. The molecule has 3 aromatic rings. The van der Waals surface area contributed by atoms with Gasteiger partial charge in [-0.3, -0.25) is 0 Å². The van der Waals surface area contributed by atoms with Crippen LogP contribution in [0, 0.1) is 22.7 Å². The number of hydrogen-bond donors (Lipinski definition) is 1. The lowest BCUT2D eigenvalue weighted by molar-refractivity contribution is 0.475. The maximum absolute atomic E-state index is 9.64. The van der Waals surface area contributed by atoms with Gasteiger partial charge in [-0.1, -0.05) is 38.8 Å². The van der Waals surface area contributed by atoms with Crippen LogP contribution in [0.3, 0.4) is 0 Å². The van der Waals surface area contributed by atoms with Crippen LogP contribution in [-0.4, -0.2) is 23.2 Å². The van der Waals surface area contributed by atoms with Gasteiger partial charge in [0, 0.05) is 24.3 Å². The highest BCUT2D eigenvalue weighted by Crippen LogP contribution is 2.20. The second-order valence-electron chi connectivity index (χ2n) is 7.81. The molecule has 3 rings (SSSR count). The predicted molar refractivity (Wildman–Crippen MR) is 135 cm³/mol. The Balaban J connectivity index is 2.03. The van der Waals surface area contributed by atoms with Gasteiger partial charge in [0.15, 0.2) is 5.57 Å². The third kappa shape index (κ3) is 6.22. The molecule has 1 aromatic heterocycles. The third-order valence-electron chi connectivity index (χ3n) is 5.35. The van der Waals surface area contributed by atoms with Crippen molar-refractivity contribution < 1.29 is 5.11 Å². The Kier molecular flexibility index (Phi) is 8.63. The summed E-state index contributed by atoms with van der Waals surface area (Å²) in [5, 5.41) is 28.2. The van der Waals surface area contributed by atoms with Crippen molar-refractivity contribution >= 4 is 28.7 Å². The molecule has 1 N–H and O–H groups in total. The van der Waals surface area contributed by atoms with Crippen molar-refractivity contribution in [2.24, 2.45) is 0 Å². The van der Waals surface area contributed by atoms with Gasteiger partial charge >= 0.3 is 0 Å². The Bertz CT molecular complexity index is 1240. The molecule has 0 spiro atoms. The normalized spacial score (nSPS) is 11.1. The number of benzene rings is 2. The zero-order chi connectivity index (χ0) is 23.6. The number of rotatable bonds is 9. The number of thiazole rings is 1. The second kappa shape index (κ2) is 11.9. The first-order chi connectivity index (χ1) is 16.1. The smallest absolute Gasteiger partial charge is 0.165 e. The molecule has 0 unspecified atom stereocenters. The van der Waals surface area contributed by atoms with Crippen LogP contribution in [0.5, 0.6) is 5.75 Å². The first-order valence-electron chi connectivity index (χ1n) is 11.3. The van der Waals surface area contributed by atoms with Crippen molar-refractivity contribution in [3.8, 4) is 29.1 Å². The molecular weight excluding hydrogens is 428 g/mol. The summed E-state index contributed by atoms with van der Waals surface area (Å²) >= 11 is 1.32. The fourth-order valence-electron chi connectivity index (χ4n) is 3.48. The van der Waals surface area contributed by atoms with Gasteiger partial charge in [-0.05, 0) is 60.9 Å². The molecule has 5 nitrogen and oxygen atoms in total. The van der Waals surface area contributed by atoms with Crippen LogP contribution in [-0.2, 0) is 0 Å². The minimum Gasteiger partial charge on any atom is -0.508 e. The Hall–Kier alpha value is -3.61. The van der Waals surface area contributed by atoms with E-state index < -0.39 is 0 Å². The van der Waals surface area contributed by atoms with Crippen molar-refractivity contribution in [2.45, 2.75) is 39.5 Å². The first kappa shape index (κ1) is 24.0. The molecule has 0 saturated carbocycles. The molecule has 0 bridgehead atoms. The number of phenolic OH excluding ortho intramolecular Hbond substituents is 1. The molecule has 6 heteroatoms. The molecule has 0 aliphatic heterocycles. The number of hydrogen-bond acceptors (Lipinski definition) is 6. The SMILES string of the molecule is CCCCN(CCCC)c1ccc(C=c2sc(=C(C#N)C#N)nc2-c2ccc(O)cc2)cc1. The second-order valence-corrected chi connectivity index (χ2v) is 8.84. The summed E-state index contributed by atoms with van der Waals surface area (Å²) in [6, 6.07) is 19.1. The Morgan fingerprint density at radius 2 is 1.58 bits per heavy atom. The van der Waals surface area contributed by atoms with Crippen LogP contribution in [0.4, 0.5) is 5.69 Å². The minimum atomic E-state index is -0.00230. The van der Waals surface area contributed by atoms with Crippen LogP contribution in [0.15, 0.2) is 48.5 Å². The van der Waals surface area contributed by atoms with E-state index in [1.165, 1.54) is 42.7 Å². The first-order valence-corrected chi connectivity index (χ1v) is 12.1. The Morgan fingerprint density at radius 3 is 2.12 bits per heavy atom. The van der Waals surface area contributed by atoms with Gasteiger partial charge in [0.05, 0.1) is 10.2 Å². The van der Waals surface area contributed by atoms with E-state index in [4.69, 9.17) is 0 Å². The number of nitriles is 2. The number of anilines is 1. The lowest BCUT2D eigenvalue weighted by atomic mass is 10.1. The summed E-state index contributed by atoms with van der Waals surface area (Å²) in [7, 11) is 0. The molecule has 0 fully saturated rings. The monoisotopic (exact) mass is 456 g/mol. The van der Waals surface area contributed by atoms with Crippen molar-refractivity contribution in [3.05, 3.63) is 63.3 Å². The molecular formula is C27H28N4OS. The lowest BCUT2D eigenvalue weighted by Crippen LogP contribution is -2.25. The van der Waals surface area contributed by atoms with Crippen molar-refractivity contribution in [1.29, 1.82) is 10.5 Å². The zero-order valence-electron chi connectivity index (χ0n) is 19.1. The van der Waals surface area contributed by atoms with Crippen LogP contribution in [0.2, 0.25) is 0 Å². The molecule has 0 saturated heterocycles. The van der Waals surface area contributed by atoms with Gasteiger partial charge in [0.1, 0.15) is 22.6 Å². The largest absolute Gasteiger partial charge is 0.508 e. The number of unbranched alkanes of at least 4 members (excludes halogenated alkanes) is 2. The van der Waals surface area contributed by atoms with Gasteiger partial charge in [-0.25, -0.2) is 4.98 Å².